The van der Waals surface area contributed by atoms with E-state index in [1.165, 1.54) is 11.2 Å². The van der Waals surface area contributed by atoms with Gasteiger partial charge in [-0.05, 0) is 47.4 Å². The molecule has 0 fully saturated rings. The first-order chi connectivity index (χ1) is 12.7. The summed E-state index contributed by atoms with van der Waals surface area (Å²) >= 11 is 1.57. The lowest BCUT2D eigenvalue weighted by atomic mass is 10.1. The highest BCUT2D eigenvalue weighted by Crippen LogP contribution is 2.38. The average molecular weight is 371 g/mol. The molecule has 1 aromatic carbocycles. The Kier molecular flexibility index (Phi) is 4.29. The molecule has 1 aliphatic rings. The van der Waals surface area contributed by atoms with Crippen LogP contribution in [0.1, 0.15) is 27.2 Å². The van der Waals surface area contributed by atoms with Gasteiger partial charge in [0.15, 0.2) is 11.5 Å². The van der Waals surface area contributed by atoms with Crippen molar-refractivity contribution in [3.8, 4) is 16.5 Å². The fourth-order valence-electron chi connectivity index (χ4n) is 3.15. The molecule has 4 rings (SSSR count). The highest BCUT2D eigenvalue weighted by Gasteiger charge is 2.28. The third-order valence-corrected chi connectivity index (χ3v) is 5.61. The van der Waals surface area contributed by atoms with E-state index in [0.717, 1.165) is 29.8 Å². The third kappa shape index (κ3) is 2.80. The Morgan fingerprint density at radius 3 is 2.81 bits per heavy atom. The van der Waals surface area contributed by atoms with E-state index >= 15 is 0 Å². The SMILES string of the molecule is COc1ccc(NC(=O)c2c(-n3cnnn3)sc3c2CCC3)cc1OC. The molecule has 26 heavy (non-hydrogen) atoms. The Morgan fingerprint density at radius 2 is 2.08 bits per heavy atom. The van der Waals surface area contributed by atoms with Crippen molar-refractivity contribution in [2.75, 3.05) is 19.5 Å². The molecule has 1 N–H and O–H groups in total. The number of fused-ring (bicyclic) bond motifs is 1. The lowest BCUT2D eigenvalue weighted by Gasteiger charge is -2.11. The van der Waals surface area contributed by atoms with Crippen molar-refractivity contribution in [2.24, 2.45) is 0 Å². The van der Waals surface area contributed by atoms with Crippen LogP contribution < -0.4 is 14.8 Å². The zero-order valence-electron chi connectivity index (χ0n) is 14.4. The summed E-state index contributed by atoms with van der Waals surface area (Å²) < 4.78 is 12.1. The Hall–Kier alpha value is -2.94. The summed E-state index contributed by atoms with van der Waals surface area (Å²) in [5.41, 5.74) is 2.37. The van der Waals surface area contributed by atoms with E-state index < -0.39 is 0 Å². The van der Waals surface area contributed by atoms with Crippen LogP contribution in [0.15, 0.2) is 24.5 Å². The molecule has 0 radical (unpaired) electrons. The second-order valence-electron chi connectivity index (χ2n) is 5.82. The molecule has 1 aliphatic carbocycles. The van der Waals surface area contributed by atoms with Crippen LogP contribution in [0.3, 0.4) is 0 Å². The number of ether oxygens (including phenoxy) is 2. The lowest BCUT2D eigenvalue weighted by Crippen LogP contribution is -2.15. The van der Waals surface area contributed by atoms with Crippen molar-refractivity contribution < 1.29 is 14.3 Å². The minimum Gasteiger partial charge on any atom is -0.493 e. The number of aromatic nitrogens is 4. The average Bonchev–Trinajstić information content (AvgIpc) is 3.37. The van der Waals surface area contributed by atoms with Crippen LogP contribution >= 0.6 is 11.3 Å². The van der Waals surface area contributed by atoms with Gasteiger partial charge in [-0.15, -0.1) is 16.4 Å². The van der Waals surface area contributed by atoms with Gasteiger partial charge in [0.1, 0.15) is 11.3 Å². The van der Waals surface area contributed by atoms with Crippen molar-refractivity contribution in [3.63, 3.8) is 0 Å². The fraction of sp³-hybridized carbons (Fsp3) is 0.294. The van der Waals surface area contributed by atoms with E-state index in [4.69, 9.17) is 9.47 Å². The molecule has 1 amide bonds. The highest BCUT2D eigenvalue weighted by atomic mass is 32.1. The number of methoxy groups -OCH3 is 2. The van der Waals surface area contributed by atoms with Crippen LogP contribution in [0.25, 0.3) is 5.00 Å². The molecule has 9 heteroatoms. The zero-order chi connectivity index (χ0) is 18.1. The summed E-state index contributed by atoms with van der Waals surface area (Å²) in [5, 5.41) is 15.0. The fourth-order valence-corrected chi connectivity index (χ4v) is 4.45. The van der Waals surface area contributed by atoms with Crippen molar-refractivity contribution in [1.82, 2.24) is 20.2 Å². The van der Waals surface area contributed by atoms with Gasteiger partial charge in [-0.2, -0.15) is 4.68 Å². The highest BCUT2D eigenvalue weighted by molar-refractivity contribution is 7.15. The molecular weight excluding hydrogens is 354 g/mol. The summed E-state index contributed by atoms with van der Waals surface area (Å²) in [6, 6.07) is 5.28. The molecular formula is C17H17N5O3S. The summed E-state index contributed by atoms with van der Waals surface area (Å²) in [7, 11) is 3.13. The topological polar surface area (TPSA) is 91.2 Å². The van der Waals surface area contributed by atoms with E-state index in [1.54, 1.807) is 48.4 Å². The standard InChI is InChI=1S/C17H17N5O3S/c1-24-12-7-6-10(8-13(12)25-2)19-16(23)15-11-4-3-5-14(11)26-17(15)22-9-18-20-21-22/h6-9H,3-5H2,1-2H3,(H,19,23). The van der Waals surface area contributed by atoms with Crippen molar-refractivity contribution >= 4 is 22.9 Å². The van der Waals surface area contributed by atoms with Crippen molar-refractivity contribution in [2.45, 2.75) is 19.3 Å². The maximum absolute atomic E-state index is 13.0. The summed E-state index contributed by atoms with van der Waals surface area (Å²) in [4.78, 5) is 14.3. The van der Waals surface area contributed by atoms with Crippen LogP contribution in [-0.4, -0.2) is 40.3 Å². The van der Waals surface area contributed by atoms with Crippen molar-refractivity contribution in [3.05, 3.63) is 40.5 Å². The first kappa shape index (κ1) is 16.5. The van der Waals surface area contributed by atoms with E-state index in [1.807, 2.05) is 0 Å². The van der Waals surface area contributed by atoms with Gasteiger partial charge in [0.25, 0.3) is 5.91 Å². The van der Waals surface area contributed by atoms with Crippen LogP contribution in [0.4, 0.5) is 5.69 Å². The predicted molar refractivity (Wildman–Crippen MR) is 96.6 cm³/mol. The Morgan fingerprint density at radius 1 is 1.23 bits per heavy atom. The maximum atomic E-state index is 13.0. The van der Waals surface area contributed by atoms with Gasteiger partial charge in [0.2, 0.25) is 0 Å². The number of hydrogen-bond donors (Lipinski definition) is 1. The smallest absolute Gasteiger partial charge is 0.259 e. The zero-order valence-corrected chi connectivity index (χ0v) is 15.2. The molecule has 2 heterocycles. The number of carbonyl (C=O) groups excluding carboxylic acids is 1. The normalized spacial score (nSPS) is 12.7. The number of amides is 1. The first-order valence-electron chi connectivity index (χ1n) is 8.12. The number of carbonyl (C=O) groups is 1. The first-order valence-corrected chi connectivity index (χ1v) is 8.94. The molecule has 0 bridgehead atoms. The van der Waals surface area contributed by atoms with Gasteiger partial charge >= 0.3 is 0 Å². The number of nitrogens with one attached hydrogen (secondary N) is 1. The van der Waals surface area contributed by atoms with Crippen LogP contribution in [0.2, 0.25) is 0 Å². The number of rotatable bonds is 5. The number of aryl methyl sites for hydroxylation is 1. The van der Waals surface area contributed by atoms with Crippen LogP contribution in [-0.2, 0) is 12.8 Å². The number of benzene rings is 1. The number of tetrazole rings is 1. The molecule has 0 saturated carbocycles. The largest absolute Gasteiger partial charge is 0.493 e. The minimum atomic E-state index is -0.179. The molecule has 0 spiro atoms. The van der Waals surface area contributed by atoms with E-state index in [9.17, 15) is 4.79 Å². The second kappa shape index (κ2) is 6.75. The van der Waals surface area contributed by atoms with Crippen LogP contribution in [0.5, 0.6) is 11.5 Å². The van der Waals surface area contributed by atoms with Gasteiger partial charge in [0, 0.05) is 16.6 Å². The predicted octanol–water partition coefficient (Wildman–Crippen LogP) is 2.48. The molecule has 3 aromatic rings. The molecule has 0 saturated heterocycles. The van der Waals surface area contributed by atoms with Gasteiger partial charge < -0.3 is 14.8 Å². The maximum Gasteiger partial charge on any atom is 0.259 e. The Bertz CT molecular complexity index is 952. The van der Waals surface area contributed by atoms with E-state index in [-0.39, 0.29) is 5.91 Å². The van der Waals surface area contributed by atoms with E-state index in [2.05, 4.69) is 20.8 Å². The monoisotopic (exact) mass is 371 g/mol. The second-order valence-corrected chi connectivity index (χ2v) is 6.90. The number of nitrogens with zero attached hydrogens (tertiary/aromatic N) is 4. The molecule has 0 atom stereocenters. The number of anilines is 1. The van der Waals surface area contributed by atoms with Crippen molar-refractivity contribution in [1.29, 1.82) is 0 Å². The number of hydrogen-bond acceptors (Lipinski definition) is 7. The minimum absolute atomic E-state index is 0.179. The summed E-state index contributed by atoms with van der Waals surface area (Å²) in [5.74, 6) is 0.986. The van der Waals surface area contributed by atoms with Gasteiger partial charge in [-0.25, -0.2) is 0 Å². The summed E-state index contributed by atoms with van der Waals surface area (Å²) in [6.45, 7) is 0. The molecule has 0 aliphatic heterocycles. The third-order valence-electron chi connectivity index (χ3n) is 4.33. The molecule has 0 unspecified atom stereocenters. The lowest BCUT2D eigenvalue weighted by molar-refractivity contribution is 0.102. The molecule has 8 nitrogen and oxygen atoms in total. The van der Waals surface area contributed by atoms with Crippen LogP contribution in [0, 0.1) is 0 Å². The summed E-state index contributed by atoms with van der Waals surface area (Å²) in [6.07, 6.45) is 4.45. The Balaban J connectivity index is 1.69. The quantitative estimate of drug-likeness (QED) is 0.741. The molecule has 2 aromatic heterocycles. The van der Waals surface area contributed by atoms with E-state index in [0.29, 0.717) is 22.7 Å². The molecule has 134 valence electrons. The number of thiophene rings is 1. The van der Waals surface area contributed by atoms with Gasteiger partial charge in [0.05, 0.1) is 19.8 Å². The van der Waals surface area contributed by atoms with Gasteiger partial charge in [-0.3, -0.25) is 4.79 Å². The Labute approximate surface area is 153 Å². The van der Waals surface area contributed by atoms with Gasteiger partial charge in [-0.1, -0.05) is 0 Å².